The van der Waals surface area contributed by atoms with Crippen LogP contribution < -0.4 is 25.4 Å². The number of morpholine rings is 1. The van der Waals surface area contributed by atoms with E-state index in [0.29, 0.717) is 43.5 Å². The average molecular weight is 483 g/mol. The van der Waals surface area contributed by atoms with Crippen molar-refractivity contribution in [3.8, 4) is 11.5 Å². The van der Waals surface area contributed by atoms with E-state index in [2.05, 4.69) is 20.9 Å². The molecule has 2 fully saturated rings. The van der Waals surface area contributed by atoms with Crippen LogP contribution in [0.5, 0.6) is 11.5 Å². The van der Waals surface area contributed by atoms with Crippen LogP contribution in [0.15, 0.2) is 18.2 Å². The lowest BCUT2D eigenvalue weighted by Crippen LogP contribution is -2.42. The Morgan fingerprint density at radius 1 is 1.03 bits per heavy atom. The zero-order valence-electron chi connectivity index (χ0n) is 19.5. The van der Waals surface area contributed by atoms with Crippen LogP contribution in [0, 0.1) is 0 Å². The molecule has 0 radical (unpaired) electrons. The molecule has 0 aromatic heterocycles. The molecule has 0 saturated carbocycles. The number of nitrogens with zero attached hydrogens (tertiary/aromatic N) is 1. The van der Waals surface area contributed by atoms with Gasteiger partial charge in [-0.3, -0.25) is 9.69 Å². The lowest BCUT2D eigenvalue weighted by atomic mass is 10.1. The molecular weight excluding hydrogens is 448 g/mol. The van der Waals surface area contributed by atoms with Gasteiger partial charge in [0, 0.05) is 56.6 Å². The number of ether oxygens (including phenoxy) is 4. The summed E-state index contributed by atoms with van der Waals surface area (Å²) in [6.07, 6.45) is -4.28. The van der Waals surface area contributed by atoms with Crippen LogP contribution in [0.25, 0.3) is 0 Å². The molecule has 2 aliphatic heterocycles. The van der Waals surface area contributed by atoms with E-state index in [-0.39, 0.29) is 18.9 Å². The number of nitrogens with one attached hydrogen (secondary N) is 3. The van der Waals surface area contributed by atoms with Crippen molar-refractivity contribution >= 4 is 17.6 Å². The lowest BCUT2D eigenvalue weighted by molar-refractivity contribution is -0.125. The Hall–Kier alpha value is -2.64. The zero-order chi connectivity index (χ0) is 24.5. The maximum atomic E-state index is 12.3. The molecule has 4 atom stereocenters. The van der Waals surface area contributed by atoms with E-state index >= 15 is 0 Å². The Bertz CT molecular complexity index is 798. The van der Waals surface area contributed by atoms with Gasteiger partial charge in [-0.1, -0.05) is 0 Å². The first-order valence-electron chi connectivity index (χ1n) is 11.3. The number of carbonyl (C=O) groups excluding carboxylic acids is 2. The van der Waals surface area contributed by atoms with Gasteiger partial charge in [0.1, 0.15) is 29.8 Å². The lowest BCUT2D eigenvalue weighted by Gasteiger charge is -2.26. The Morgan fingerprint density at radius 3 is 2.32 bits per heavy atom. The third-order valence-corrected chi connectivity index (χ3v) is 5.77. The molecule has 3 amide bonds. The molecule has 34 heavy (non-hydrogen) atoms. The second-order valence-electron chi connectivity index (χ2n) is 8.14. The number of aliphatic hydroxyl groups is 2. The predicted molar refractivity (Wildman–Crippen MR) is 122 cm³/mol. The molecule has 1 aromatic carbocycles. The van der Waals surface area contributed by atoms with Crippen LogP contribution in [0.1, 0.15) is 6.42 Å². The number of methoxy groups -OCH3 is 2. The van der Waals surface area contributed by atoms with E-state index in [1.807, 2.05) is 0 Å². The van der Waals surface area contributed by atoms with Gasteiger partial charge >= 0.3 is 6.03 Å². The molecule has 12 heteroatoms. The fourth-order valence-corrected chi connectivity index (χ4v) is 3.84. The average Bonchev–Trinajstić information content (AvgIpc) is 3.10. The highest BCUT2D eigenvalue weighted by Gasteiger charge is 2.43. The number of carbonyl (C=O) groups is 2. The van der Waals surface area contributed by atoms with Crippen LogP contribution in [-0.2, 0) is 14.3 Å². The third-order valence-electron chi connectivity index (χ3n) is 5.77. The summed E-state index contributed by atoms with van der Waals surface area (Å²) in [6, 6.07) is 4.39. The molecule has 2 heterocycles. The molecule has 190 valence electrons. The van der Waals surface area contributed by atoms with Gasteiger partial charge in [-0.2, -0.15) is 0 Å². The fraction of sp³-hybridized carbons (Fsp3) is 0.636. The molecule has 0 aliphatic carbocycles. The van der Waals surface area contributed by atoms with E-state index in [1.54, 1.807) is 18.2 Å². The van der Waals surface area contributed by atoms with Crippen LogP contribution >= 0.6 is 0 Å². The van der Waals surface area contributed by atoms with Crippen molar-refractivity contribution in [1.82, 2.24) is 15.5 Å². The Kier molecular flexibility index (Phi) is 9.72. The molecule has 0 unspecified atom stereocenters. The van der Waals surface area contributed by atoms with Crippen molar-refractivity contribution in [1.29, 1.82) is 0 Å². The van der Waals surface area contributed by atoms with Crippen molar-refractivity contribution in [2.24, 2.45) is 0 Å². The molecule has 3 rings (SSSR count). The number of anilines is 1. The van der Waals surface area contributed by atoms with Crippen LogP contribution in [0.4, 0.5) is 10.5 Å². The molecule has 5 N–H and O–H groups in total. The van der Waals surface area contributed by atoms with Crippen LogP contribution in [-0.4, -0.2) is 112 Å². The topological polar surface area (TPSA) is 151 Å². The summed E-state index contributed by atoms with van der Waals surface area (Å²) >= 11 is 0. The first-order chi connectivity index (χ1) is 16.4. The minimum absolute atomic E-state index is 0.0552. The standard InChI is InChI=1S/C22H34N4O8/c1-31-15-9-14(10-16(11-15)32-2)25-22(30)24-13-18-21(29)20(28)17(34-18)12-19(27)23-3-4-26-5-7-33-8-6-26/h9-11,17-18,20-21,28-29H,3-8,12-13H2,1-2H3,(H,23,27)(H2,24,25,30)/t17-,18-,20-,21+/m0/s1. The van der Waals surface area contributed by atoms with Gasteiger partial charge in [0.15, 0.2) is 0 Å². The predicted octanol–water partition coefficient (Wildman–Crippen LogP) is -0.847. The van der Waals surface area contributed by atoms with Gasteiger partial charge < -0.3 is 45.1 Å². The van der Waals surface area contributed by atoms with E-state index in [0.717, 1.165) is 13.1 Å². The maximum Gasteiger partial charge on any atom is 0.319 e. The van der Waals surface area contributed by atoms with E-state index in [1.165, 1.54) is 14.2 Å². The summed E-state index contributed by atoms with van der Waals surface area (Å²) in [5.41, 5.74) is 0.452. The highest BCUT2D eigenvalue weighted by Crippen LogP contribution is 2.26. The fourth-order valence-electron chi connectivity index (χ4n) is 3.84. The maximum absolute atomic E-state index is 12.3. The number of amides is 3. The summed E-state index contributed by atoms with van der Waals surface area (Å²) in [5, 5.41) is 28.6. The Morgan fingerprint density at radius 2 is 1.68 bits per heavy atom. The Balaban J connectivity index is 1.41. The van der Waals surface area contributed by atoms with Gasteiger partial charge in [-0.05, 0) is 0 Å². The second-order valence-corrected chi connectivity index (χ2v) is 8.14. The quantitative estimate of drug-likeness (QED) is 0.287. The molecule has 2 saturated heterocycles. The second kappa shape index (κ2) is 12.7. The number of benzene rings is 1. The first-order valence-corrected chi connectivity index (χ1v) is 11.3. The molecule has 0 spiro atoms. The summed E-state index contributed by atoms with van der Waals surface area (Å²) < 4.78 is 21.3. The first kappa shape index (κ1) is 26.0. The van der Waals surface area contributed by atoms with Gasteiger partial charge in [-0.15, -0.1) is 0 Å². The van der Waals surface area contributed by atoms with Gasteiger partial charge in [0.25, 0.3) is 0 Å². The Labute approximate surface area is 198 Å². The monoisotopic (exact) mass is 482 g/mol. The SMILES string of the molecule is COc1cc(NC(=O)NC[C@@H]2O[C@@H](CC(=O)NCCN3CCOCC3)[C@H](O)[C@@H]2O)cc(OC)c1. The zero-order valence-corrected chi connectivity index (χ0v) is 19.5. The van der Waals surface area contributed by atoms with Crippen molar-refractivity contribution in [2.75, 3.05) is 65.5 Å². The molecule has 12 nitrogen and oxygen atoms in total. The molecule has 1 aromatic rings. The van der Waals surface area contributed by atoms with Crippen molar-refractivity contribution in [2.45, 2.75) is 30.8 Å². The number of hydrogen-bond donors (Lipinski definition) is 5. The summed E-state index contributed by atoms with van der Waals surface area (Å²) in [4.78, 5) is 26.7. The number of rotatable bonds is 10. The van der Waals surface area contributed by atoms with E-state index in [9.17, 15) is 19.8 Å². The molecule has 0 bridgehead atoms. The summed E-state index contributed by atoms with van der Waals surface area (Å²) in [7, 11) is 3.01. The largest absolute Gasteiger partial charge is 0.497 e. The minimum Gasteiger partial charge on any atom is -0.497 e. The van der Waals surface area contributed by atoms with Crippen LogP contribution in [0.2, 0.25) is 0 Å². The summed E-state index contributed by atoms with van der Waals surface area (Å²) in [5.74, 6) is 0.750. The van der Waals surface area contributed by atoms with E-state index in [4.69, 9.17) is 18.9 Å². The molecular formula is C22H34N4O8. The highest BCUT2D eigenvalue weighted by atomic mass is 16.5. The van der Waals surface area contributed by atoms with Crippen molar-refractivity contribution in [3.05, 3.63) is 18.2 Å². The van der Waals surface area contributed by atoms with Gasteiger partial charge in [0.2, 0.25) is 5.91 Å². The summed E-state index contributed by atoms with van der Waals surface area (Å²) in [6.45, 7) is 4.18. The van der Waals surface area contributed by atoms with Crippen molar-refractivity contribution in [3.63, 3.8) is 0 Å². The number of hydrogen-bond acceptors (Lipinski definition) is 9. The van der Waals surface area contributed by atoms with Crippen molar-refractivity contribution < 1.29 is 38.7 Å². The smallest absolute Gasteiger partial charge is 0.319 e. The number of aliphatic hydroxyl groups excluding tert-OH is 2. The molecule has 2 aliphatic rings. The highest BCUT2D eigenvalue weighted by molar-refractivity contribution is 5.89. The normalized spacial score (nSPS) is 24.9. The third kappa shape index (κ3) is 7.43. The van der Waals surface area contributed by atoms with Crippen LogP contribution in [0.3, 0.4) is 0 Å². The van der Waals surface area contributed by atoms with Gasteiger partial charge in [-0.25, -0.2) is 4.79 Å². The van der Waals surface area contributed by atoms with Gasteiger partial charge in [0.05, 0.1) is 40.0 Å². The van der Waals surface area contributed by atoms with E-state index < -0.39 is 30.4 Å². The number of urea groups is 1. The minimum atomic E-state index is -1.23.